The molecule has 5 aromatic carbocycles. The summed E-state index contributed by atoms with van der Waals surface area (Å²) in [6, 6.07) is 39.7. The Hall–Kier alpha value is -4.96. The molecule has 0 atom stereocenters. The Morgan fingerprint density at radius 2 is 1.10 bits per heavy atom. The number of anilines is 6. The number of furan rings is 1. The summed E-state index contributed by atoms with van der Waals surface area (Å²) in [6.45, 7) is 32.7. The van der Waals surface area contributed by atoms with E-state index in [9.17, 15) is 0 Å². The largest absolute Gasteiger partial charge is 0.472 e. The number of hydrogen-bond acceptors (Lipinski definition) is 3. The van der Waals surface area contributed by atoms with Crippen molar-refractivity contribution in [2.45, 2.75) is 137 Å². The molecule has 3 aliphatic rings. The third-order valence-electron chi connectivity index (χ3n) is 13.7. The summed E-state index contributed by atoms with van der Waals surface area (Å²) in [7, 11) is 0. The molecule has 59 heavy (non-hydrogen) atoms. The maximum absolute atomic E-state index is 7.60. The van der Waals surface area contributed by atoms with Gasteiger partial charge in [0.15, 0.2) is 0 Å². The number of nitrogens with zero attached hydrogens (tertiary/aromatic N) is 2. The van der Waals surface area contributed by atoms with Gasteiger partial charge in [-0.2, -0.15) is 0 Å². The zero-order valence-electron chi connectivity index (χ0n) is 38.1. The van der Waals surface area contributed by atoms with Gasteiger partial charge in [-0.1, -0.05) is 151 Å². The first-order chi connectivity index (χ1) is 27.6. The van der Waals surface area contributed by atoms with Crippen molar-refractivity contribution in [3.05, 3.63) is 137 Å². The predicted octanol–water partition coefficient (Wildman–Crippen LogP) is 13.6. The summed E-state index contributed by atoms with van der Waals surface area (Å²) in [6.07, 6.45) is 2.20. The lowest BCUT2D eigenvalue weighted by molar-refractivity contribution is 0.282. The highest BCUT2D eigenvalue weighted by Gasteiger charge is 2.52. The van der Waals surface area contributed by atoms with Gasteiger partial charge < -0.3 is 14.2 Å². The van der Waals surface area contributed by atoms with Gasteiger partial charge in [0.05, 0.1) is 17.0 Å². The first-order valence-electron chi connectivity index (χ1n) is 21.9. The highest BCUT2D eigenvalue weighted by atomic mass is 16.3. The Kier molecular flexibility index (Phi) is 8.72. The van der Waals surface area contributed by atoms with Crippen molar-refractivity contribution in [3.8, 4) is 11.1 Å². The zero-order valence-corrected chi connectivity index (χ0v) is 38.1. The molecule has 4 heteroatoms. The summed E-state index contributed by atoms with van der Waals surface area (Å²) < 4.78 is 7.60. The molecule has 0 saturated heterocycles. The maximum atomic E-state index is 7.60. The van der Waals surface area contributed by atoms with Crippen LogP contribution >= 0.6 is 0 Å². The quantitative estimate of drug-likeness (QED) is 0.167. The van der Waals surface area contributed by atoms with Crippen LogP contribution in [-0.4, -0.2) is 6.71 Å². The minimum atomic E-state index is -0.0922. The third kappa shape index (κ3) is 6.31. The van der Waals surface area contributed by atoms with Gasteiger partial charge >= 0.3 is 0 Å². The number of rotatable bonds is 3. The second kappa shape index (κ2) is 13.0. The minimum absolute atomic E-state index is 0.00351. The summed E-state index contributed by atoms with van der Waals surface area (Å²) in [5.74, 6) is 1.15. The van der Waals surface area contributed by atoms with Crippen LogP contribution < -0.4 is 26.4 Å². The summed E-state index contributed by atoms with van der Waals surface area (Å²) in [5.41, 5.74) is 19.9. The lowest BCUT2D eigenvalue weighted by Crippen LogP contribution is -2.61. The van der Waals surface area contributed by atoms with E-state index in [4.69, 9.17) is 4.42 Å². The molecule has 0 amide bonds. The SMILES string of the molecule is Cc1cc2c3c(c1)N(c1ccc(C(C)(C)C)cc1)c1c(oc4c1C(C)(C)CCC4(C)C)B3c1cc(C(C)(C)C)ccc1N2c1ccc(C(C)(C)C)cc1-c1ccccc1. The fourth-order valence-electron chi connectivity index (χ4n) is 10.1. The van der Waals surface area contributed by atoms with Gasteiger partial charge in [0.2, 0.25) is 0 Å². The highest BCUT2D eigenvalue weighted by Crippen LogP contribution is 2.55. The molecule has 2 aliphatic heterocycles. The van der Waals surface area contributed by atoms with E-state index in [-0.39, 0.29) is 33.8 Å². The van der Waals surface area contributed by atoms with E-state index in [2.05, 4.69) is 210 Å². The van der Waals surface area contributed by atoms with E-state index in [1.165, 1.54) is 84.0 Å². The Labute approximate surface area is 354 Å². The number of aryl methyl sites for hydroxylation is 1. The average Bonchev–Trinajstić information content (AvgIpc) is 3.58. The zero-order chi connectivity index (χ0) is 42.2. The molecule has 3 nitrogen and oxygen atoms in total. The maximum Gasteiger partial charge on any atom is 0.297 e. The van der Waals surface area contributed by atoms with E-state index < -0.39 is 0 Å². The second-order valence-electron chi connectivity index (χ2n) is 22.3. The van der Waals surface area contributed by atoms with E-state index >= 15 is 0 Å². The monoisotopic (exact) mass is 779 g/mol. The van der Waals surface area contributed by atoms with Gasteiger partial charge in [-0.05, 0) is 123 Å². The molecule has 3 heterocycles. The fourth-order valence-corrected chi connectivity index (χ4v) is 10.1. The Balaban J connectivity index is 1.42. The van der Waals surface area contributed by atoms with Crippen molar-refractivity contribution in [1.29, 1.82) is 0 Å². The van der Waals surface area contributed by atoms with Crippen molar-refractivity contribution < 1.29 is 4.42 Å². The van der Waals surface area contributed by atoms with E-state index in [1.807, 2.05) is 0 Å². The number of fused-ring (bicyclic) bond motifs is 6. The van der Waals surface area contributed by atoms with Crippen LogP contribution in [0.4, 0.5) is 34.1 Å². The fraction of sp³-hybridized carbons (Fsp3) is 0.382. The summed E-state index contributed by atoms with van der Waals surface area (Å²) in [5, 5.41) is 0. The van der Waals surface area contributed by atoms with Crippen LogP contribution in [0.5, 0.6) is 0 Å². The van der Waals surface area contributed by atoms with Crippen LogP contribution in [0.2, 0.25) is 0 Å². The van der Waals surface area contributed by atoms with Gasteiger partial charge in [-0.15, -0.1) is 0 Å². The molecule has 0 unspecified atom stereocenters. The van der Waals surface area contributed by atoms with Gasteiger partial charge in [0.1, 0.15) is 5.76 Å². The average molecular weight is 779 g/mol. The van der Waals surface area contributed by atoms with Crippen LogP contribution in [0, 0.1) is 6.92 Å². The standard InChI is InChI=1S/C55H63BN2O/c1-34-30-44-47-45(31-34)58(42-26-22-37(52(5,6)7)32-40(42)35-18-16-15-17-19-35)43-27-23-38(53(8,9)10)33-41(43)56(47)50-48(46-49(59-50)55(13,14)29-28-54(46,11)12)57(44)39-24-20-36(21-25-39)51(2,3)4/h15-27,30-33H,28-29H2,1-14H3. The number of benzene rings is 5. The second-order valence-corrected chi connectivity index (χ2v) is 22.3. The molecule has 0 saturated carbocycles. The topological polar surface area (TPSA) is 19.6 Å². The van der Waals surface area contributed by atoms with Crippen molar-refractivity contribution in [1.82, 2.24) is 0 Å². The van der Waals surface area contributed by atoms with Crippen molar-refractivity contribution in [3.63, 3.8) is 0 Å². The van der Waals surface area contributed by atoms with Gasteiger partial charge in [-0.3, -0.25) is 0 Å². The molecule has 302 valence electrons. The van der Waals surface area contributed by atoms with Gasteiger partial charge in [-0.25, -0.2) is 0 Å². The molecule has 1 aromatic heterocycles. The smallest absolute Gasteiger partial charge is 0.297 e. The first-order valence-corrected chi connectivity index (χ1v) is 21.9. The van der Waals surface area contributed by atoms with Crippen LogP contribution in [0.15, 0.2) is 108 Å². The Morgan fingerprint density at radius 1 is 0.559 bits per heavy atom. The lowest BCUT2D eigenvalue weighted by atomic mass is 9.35. The number of hydrogen-bond donors (Lipinski definition) is 0. The normalized spacial score (nSPS) is 16.7. The van der Waals surface area contributed by atoms with Crippen LogP contribution in [0.25, 0.3) is 11.1 Å². The van der Waals surface area contributed by atoms with Crippen molar-refractivity contribution >= 4 is 57.4 Å². The predicted molar refractivity (Wildman–Crippen MR) is 254 cm³/mol. The van der Waals surface area contributed by atoms with Crippen LogP contribution in [-0.2, 0) is 27.1 Å². The highest BCUT2D eigenvalue weighted by molar-refractivity contribution is 6.99. The van der Waals surface area contributed by atoms with E-state index in [1.54, 1.807) is 0 Å². The summed E-state index contributed by atoms with van der Waals surface area (Å²) in [4.78, 5) is 5.18. The van der Waals surface area contributed by atoms with E-state index in [0.717, 1.165) is 24.3 Å². The molecule has 9 rings (SSSR count). The van der Waals surface area contributed by atoms with Gasteiger partial charge in [0, 0.05) is 39.3 Å². The Morgan fingerprint density at radius 3 is 1.71 bits per heavy atom. The van der Waals surface area contributed by atoms with Crippen molar-refractivity contribution in [2.24, 2.45) is 0 Å². The third-order valence-corrected chi connectivity index (χ3v) is 13.7. The molecule has 1 aliphatic carbocycles. The first kappa shape index (κ1) is 39.5. The minimum Gasteiger partial charge on any atom is -0.472 e. The lowest BCUT2D eigenvalue weighted by Gasteiger charge is -2.45. The Bertz CT molecular complexity index is 2620. The summed E-state index contributed by atoms with van der Waals surface area (Å²) >= 11 is 0. The molecule has 0 radical (unpaired) electrons. The molecular weight excluding hydrogens is 715 g/mol. The van der Waals surface area contributed by atoms with Crippen LogP contribution in [0.3, 0.4) is 0 Å². The molecule has 0 bridgehead atoms. The molecule has 0 spiro atoms. The van der Waals surface area contributed by atoms with Gasteiger partial charge in [0.25, 0.3) is 6.71 Å². The molecule has 0 N–H and O–H groups in total. The van der Waals surface area contributed by atoms with Crippen molar-refractivity contribution in [2.75, 3.05) is 9.80 Å². The van der Waals surface area contributed by atoms with E-state index in [0.29, 0.717) is 0 Å². The molecular formula is C55H63BN2O. The molecule has 0 fully saturated rings. The molecule has 6 aromatic rings. The van der Waals surface area contributed by atoms with Crippen LogP contribution in [0.1, 0.15) is 136 Å².